The Bertz CT molecular complexity index is 1080. The van der Waals surface area contributed by atoms with Crippen molar-refractivity contribution in [3.8, 4) is 0 Å². The second-order valence-corrected chi connectivity index (χ2v) is 6.27. The van der Waals surface area contributed by atoms with E-state index in [0.717, 1.165) is 17.4 Å². The Morgan fingerprint density at radius 1 is 1.00 bits per heavy atom. The fraction of sp³-hybridized carbons (Fsp3) is 0.227. The van der Waals surface area contributed by atoms with E-state index in [9.17, 15) is 14.4 Å². The molecule has 1 heterocycles. The van der Waals surface area contributed by atoms with Crippen LogP contribution >= 0.6 is 0 Å². The summed E-state index contributed by atoms with van der Waals surface area (Å²) in [6.07, 6.45) is 0.253. The van der Waals surface area contributed by atoms with Crippen molar-refractivity contribution in [3.63, 3.8) is 0 Å². The van der Waals surface area contributed by atoms with Crippen LogP contribution in [0.15, 0.2) is 57.7 Å². The molecular weight excluding hydrogens is 374 g/mol. The number of hydrogen-bond donors (Lipinski definition) is 1. The standard InChI is InChI=1S/C22H21NO6/c1-3-14-5-10-18-16(12-20(24)29-19(18)11-14)13-28-21(25)15-6-8-17(9-7-15)23-22(26)27-4-2/h5-12H,3-4,13H2,1-2H3,(H,23,26). The molecule has 0 spiro atoms. The summed E-state index contributed by atoms with van der Waals surface area (Å²) < 4.78 is 15.4. The third kappa shape index (κ3) is 5.01. The number of aryl methyl sites for hydroxylation is 1. The lowest BCUT2D eigenvalue weighted by molar-refractivity contribution is 0.0474. The zero-order chi connectivity index (χ0) is 20.8. The first kappa shape index (κ1) is 20.1. The van der Waals surface area contributed by atoms with Crippen molar-refractivity contribution >= 4 is 28.7 Å². The van der Waals surface area contributed by atoms with Crippen molar-refractivity contribution in [2.24, 2.45) is 0 Å². The number of carbonyl (C=O) groups is 2. The van der Waals surface area contributed by atoms with E-state index in [1.807, 2.05) is 25.1 Å². The van der Waals surface area contributed by atoms with Gasteiger partial charge in [-0.3, -0.25) is 5.32 Å². The summed E-state index contributed by atoms with van der Waals surface area (Å²) in [5.74, 6) is -0.542. The van der Waals surface area contributed by atoms with Crippen LogP contribution < -0.4 is 10.9 Å². The highest BCUT2D eigenvalue weighted by Gasteiger charge is 2.12. The molecule has 0 saturated heterocycles. The normalized spacial score (nSPS) is 10.6. The summed E-state index contributed by atoms with van der Waals surface area (Å²) in [6.45, 7) is 3.93. The molecule has 2 aromatic carbocycles. The Hall–Kier alpha value is -3.61. The Morgan fingerprint density at radius 3 is 2.45 bits per heavy atom. The van der Waals surface area contributed by atoms with Gasteiger partial charge in [-0.05, 0) is 49.2 Å². The average Bonchev–Trinajstić information content (AvgIpc) is 2.71. The molecule has 1 amide bonds. The smallest absolute Gasteiger partial charge is 0.411 e. The van der Waals surface area contributed by atoms with E-state index in [0.29, 0.717) is 22.4 Å². The maximum absolute atomic E-state index is 12.3. The van der Waals surface area contributed by atoms with Gasteiger partial charge in [0, 0.05) is 22.7 Å². The number of anilines is 1. The fourth-order valence-electron chi connectivity index (χ4n) is 2.81. The third-order valence-electron chi connectivity index (χ3n) is 4.30. The van der Waals surface area contributed by atoms with Crippen LogP contribution in [-0.4, -0.2) is 18.7 Å². The molecule has 0 fully saturated rings. The van der Waals surface area contributed by atoms with Gasteiger partial charge in [0.15, 0.2) is 0 Å². The van der Waals surface area contributed by atoms with E-state index in [2.05, 4.69) is 5.32 Å². The van der Waals surface area contributed by atoms with Crippen LogP contribution in [-0.2, 0) is 22.5 Å². The van der Waals surface area contributed by atoms with E-state index in [-0.39, 0.29) is 13.2 Å². The second kappa shape index (κ2) is 9.05. The highest BCUT2D eigenvalue weighted by atomic mass is 16.5. The molecule has 29 heavy (non-hydrogen) atoms. The highest BCUT2D eigenvalue weighted by Crippen LogP contribution is 2.20. The molecule has 1 N–H and O–H groups in total. The number of hydrogen-bond acceptors (Lipinski definition) is 6. The second-order valence-electron chi connectivity index (χ2n) is 6.27. The van der Waals surface area contributed by atoms with Crippen molar-refractivity contribution in [2.45, 2.75) is 26.9 Å². The fourth-order valence-corrected chi connectivity index (χ4v) is 2.81. The number of rotatable bonds is 6. The Balaban J connectivity index is 1.70. The molecule has 0 aliphatic rings. The summed E-state index contributed by atoms with van der Waals surface area (Å²) in [5.41, 5.74) is 2.42. The van der Waals surface area contributed by atoms with Gasteiger partial charge in [0.25, 0.3) is 0 Å². The van der Waals surface area contributed by atoms with E-state index in [1.165, 1.54) is 18.2 Å². The lowest BCUT2D eigenvalue weighted by Gasteiger charge is -2.09. The predicted octanol–water partition coefficient (Wildman–Crippen LogP) is 4.28. The summed E-state index contributed by atoms with van der Waals surface area (Å²) in [7, 11) is 0. The molecule has 0 radical (unpaired) electrons. The van der Waals surface area contributed by atoms with E-state index < -0.39 is 17.7 Å². The molecule has 1 aromatic heterocycles. The van der Waals surface area contributed by atoms with Gasteiger partial charge in [-0.15, -0.1) is 0 Å². The van der Waals surface area contributed by atoms with Crippen molar-refractivity contribution in [3.05, 3.63) is 75.6 Å². The van der Waals surface area contributed by atoms with Crippen molar-refractivity contribution in [2.75, 3.05) is 11.9 Å². The molecule has 0 aliphatic carbocycles. The summed E-state index contributed by atoms with van der Waals surface area (Å²) in [5, 5.41) is 3.27. The number of fused-ring (bicyclic) bond motifs is 1. The molecule has 3 aromatic rings. The van der Waals surface area contributed by atoms with Crippen LogP contribution in [0.3, 0.4) is 0 Å². The number of amides is 1. The first-order valence-electron chi connectivity index (χ1n) is 9.26. The molecule has 7 heteroatoms. The molecule has 0 aliphatic heterocycles. The minimum atomic E-state index is -0.566. The number of nitrogens with one attached hydrogen (secondary N) is 1. The van der Waals surface area contributed by atoms with Gasteiger partial charge in [0.2, 0.25) is 0 Å². The van der Waals surface area contributed by atoms with Gasteiger partial charge in [0.1, 0.15) is 12.2 Å². The van der Waals surface area contributed by atoms with Crippen molar-refractivity contribution < 1.29 is 23.5 Å². The molecule has 0 atom stereocenters. The minimum Gasteiger partial charge on any atom is -0.457 e. The molecule has 150 valence electrons. The maximum Gasteiger partial charge on any atom is 0.411 e. The van der Waals surface area contributed by atoms with Crippen LogP contribution in [0.1, 0.15) is 35.3 Å². The molecule has 3 rings (SSSR count). The van der Waals surface area contributed by atoms with Gasteiger partial charge < -0.3 is 13.9 Å². The van der Waals surface area contributed by atoms with E-state index >= 15 is 0 Å². The quantitative estimate of drug-likeness (QED) is 0.494. The monoisotopic (exact) mass is 395 g/mol. The van der Waals surface area contributed by atoms with Gasteiger partial charge in [-0.25, -0.2) is 14.4 Å². The largest absolute Gasteiger partial charge is 0.457 e. The highest BCUT2D eigenvalue weighted by molar-refractivity contribution is 5.91. The molecular formula is C22H21NO6. The van der Waals surface area contributed by atoms with E-state index in [1.54, 1.807) is 19.1 Å². The summed E-state index contributed by atoms with van der Waals surface area (Å²) in [6, 6.07) is 13.2. The van der Waals surface area contributed by atoms with Gasteiger partial charge in [0.05, 0.1) is 12.2 Å². The molecule has 0 saturated carbocycles. The zero-order valence-electron chi connectivity index (χ0n) is 16.2. The zero-order valence-corrected chi connectivity index (χ0v) is 16.2. The molecule has 0 unspecified atom stereocenters. The number of esters is 1. The molecule has 0 bridgehead atoms. The summed E-state index contributed by atoms with van der Waals surface area (Å²) in [4.78, 5) is 35.6. The number of ether oxygens (including phenoxy) is 2. The predicted molar refractivity (Wildman–Crippen MR) is 108 cm³/mol. The molecule has 7 nitrogen and oxygen atoms in total. The van der Waals surface area contributed by atoms with Crippen LogP contribution in [0.5, 0.6) is 0 Å². The van der Waals surface area contributed by atoms with Crippen molar-refractivity contribution in [1.29, 1.82) is 0 Å². The van der Waals surface area contributed by atoms with Crippen molar-refractivity contribution in [1.82, 2.24) is 0 Å². The minimum absolute atomic E-state index is 0.0603. The Morgan fingerprint density at radius 2 is 1.76 bits per heavy atom. The van der Waals surface area contributed by atoms with Crippen LogP contribution in [0.25, 0.3) is 11.0 Å². The lowest BCUT2D eigenvalue weighted by atomic mass is 10.1. The first-order chi connectivity index (χ1) is 14.0. The van der Waals surface area contributed by atoms with Gasteiger partial charge in [-0.1, -0.05) is 19.1 Å². The first-order valence-corrected chi connectivity index (χ1v) is 9.26. The Kier molecular flexibility index (Phi) is 6.29. The van der Waals surface area contributed by atoms with E-state index in [4.69, 9.17) is 13.9 Å². The maximum atomic E-state index is 12.3. The van der Waals surface area contributed by atoms with Crippen LogP contribution in [0.4, 0.5) is 10.5 Å². The van der Waals surface area contributed by atoms with Gasteiger partial charge in [-0.2, -0.15) is 0 Å². The lowest BCUT2D eigenvalue weighted by Crippen LogP contribution is -2.13. The number of benzene rings is 2. The SMILES string of the molecule is CCOC(=O)Nc1ccc(C(=O)OCc2cc(=O)oc3cc(CC)ccc23)cc1. The third-order valence-corrected chi connectivity index (χ3v) is 4.30. The van der Waals surface area contributed by atoms with Crippen LogP contribution in [0, 0.1) is 0 Å². The average molecular weight is 395 g/mol. The van der Waals surface area contributed by atoms with Gasteiger partial charge >= 0.3 is 17.7 Å². The van der Waals surface area contributed by atoms with Crippen LogP contribution in [0.2, 0.25) is 0 Å². The summed E-state index contributed by atoms with van der Waals surface area (Å²) >= 11 is 0. The number of carbonyl (C=O) groups excluding carboxylic acids is 2. The Labute approximate surface area is 167 Å². The topological polar surface area (TPSA) is 94.8 Å².